The monoisotopic (exact) mass is 442 g/mol. The summed E-state index contributed by atoms with van der Waals surface area (Å²) in [6.45, 7) is 14.4. The molecule has 5 rings (SSSR count). The molecule has 5 fully saturated rings. The van der Waals surface area contributed by atoms with Crippen LogP contribution in [0.25, 0.3) is 0 Å². The summed E-state index contributed by atoms with van der Waals surface area (Å²) < 4.78 is 5.69. The van der Waals surface area contributed by atoms with E-state index in [1.165, 1.54) is 70.6 Å². The van der Waals surface area contributed by atoms with Crippen molar-refractivity contribution in [2.45, 2.75) is 131 Å². The molecule has 182 valence electrons. The van der Waals surface area contributed by atoms with E-state index in [4.69, 9.17) is 4.74 Å². The Labute approximate surface area is 198 Å². The summed E-state index contributed by atoms with van der Waals surface area (Å²) >= 11 is 0. The van der Waals surface area contributed by atoms with Crippen LogP contribution in [0.1, 0.15) is 125 Å². The van der Waals surface area contributed by atoms with Crippen LogP contribution < -0.4 is 0 Å². The number of ether oxygens (including phenoxy) is 1. The lowest BCUT2D eigenvalue weighted by atomic mass is 9.43. The van der Waals surface area contributed by atoms with Crippen LogP contribution in [0.4, 0.5) is 0 Å². The van der Waals surface area contributed by atoms with Gasteiger partial charge in [-0.3, -0.25) is 4.79 Å². The fourth-order valence-corrected chi connectivity index (χ4v) is 11.0. The van der Waals surface area contributed by atoms with E-state index in [0.29, 0.717) is 21.7 Å². The molecule has 5 aliphatic rings. The Bertz CT molecular complexity index is 743. The van der Waals surface area contributed by atoms with Crippen molar-refractivity contribution in [3.05, 3.63) is 0 Å². The molecule has 0 aromatic rings. The van der Waals surface area contributed by atoms with Gasteiger partial charge in [-0.15, -0.1) is 0 Å². The van der Waals surface area contributed by atoms with Gasteiger partial charge in [0, 0.05) is 6.92 Å². The minimum Gasteiger partial charge on any atom is -0.463 e. The summed E-state index contributed by atoms with van der Waals surface area (Å²) in [7, 11) is 0. The molecule has 0 aromatic carbocycles. The maximum atomic E-state index is 11.6. The number of rotatable bonds is 6. The zero-order chi connectivity index (χ0) is 22.9. The first-order chi connectivity index (χ1) is 15.1. The first-order valence-corrected chi connectivity index (χ1v) is 14.3. The van der Waals surface area contributed by atoms with Crippen LogP contribution in [0.3, 0.4) is 0 Å². The summed E-state index contributed by atoms with van der Waals surface area (Å²) in [5.41, 5.74) is 2.34. The van der Waals surface area contributed by atoms with Crippen molar-refractivity contribution in [2.24, 2.45) is 51.2 Å². The topological polar surface area (TPSA) is 26.3 Å². The standard InChI is InChI=1S/C30H50O2/c1-20(2)8-7-9-21(3)25-13-14-28(6)26-11-10-23-18-24(32-22(4)31)12-15-29(23)19-30(26,29)17-16-27(25,28)5/h20-21,23-26H,7-19H2,1-6H3/t21-,23+,24+,25-,26+,27-,28+,29-,30+/m1/s1. The molecule has 0 unspecified atom stereocenters. The molecule has 0 bridgehead atoms. The molecular formula is C30H50O2. The first kappa shape index (κ1) is 23.2. The van der Waals surface area contributed by atoms with E-state index in [9.17, 15) is 4.79 Å². The number of fused-ring (bicyclic) bond motifs is 2. The van der Waals surface area contributed by atoms with E-state index in [-0.39, 0.29) is 12.1 Å². The van der Waals surface area contributed by atoms with Crippen LogP contribution >= 0.6 is 0 Å². The average Bonchev–Trinajstić information content (AvgIpc) is 3.29. The van der Waals surface area contributed by atoms with E-state index >= 15 is 0 Å². The lowest BCUT2D eigenvalue weighted by Gasteiger charge is -2.61. The van der Waals surface area contributed by atoms with Crippen LogP contribution in [0.5, 0.6) is 0 Å². The summed E-state index contributed by atoms with van der Waals surface area (Å²) in [5.74, 6) is 4.35. The van der Waals surface area contributed by atoms with Crippen LogP contribution in [-0.2, 0) is 9.53 Å². The SMILES string of the molecule is CC(=O)O[C@H]1CC[C@]23C[C@]24CC[C@]2(C)[C@@H]([C@H](C)CCCC(C)C)CC[C@@]2(C)[C@@H]4CC[C@H]3C1. The van der Waals surface area contributed by atoms with Gasteiger partial charge in [-0.2, -0.15) is 0 Å². The van der Waals surface area contributed by atoms with E-state index in [1.54, 1.807) is 6.92 Å². The third kappa shape index (κ3) is 3.12. The highest BCUT2D eigenvalue weighted by Gasteiger charge is 2.80. The molecule has 0 heterocycles. The largest absolute Gasteiger partial charge is 0.463 e. The summed E-state index contributed by atoms with van der Waals surface area (Å²) in [6.07, 6.45) is 18.3. The molecule has 0 radical (unpaired) electrons. The van der Waals surface area contributed by atoms with E-state index in [2.05, 4.69) is 34.6 Å². The Morgan fingerprint density at radius 3 is 2.41 bits per heavy atom. The predicted octanol–water partition coefficient (Wildman–Crippen LogP) is 8.18. The molecule has 0 aromatic heterocycles. The fourth-order valence-electron chi connectivity index (χ4n) is 11.0. The molecule has 32 heavy (non-hydrogen) atoms. The Hall–Kier alpha value is -0.530. The smallest absolute Gasteiger partial charge is 0.302 e. The molecule has 5 saturated carbocycles. The molecule has 0 saturated heterocycles. The van der Waals surface area contributed by atoms with Gasteiger partial charge in [-0.25, -0.2) is 0 Å². The summed E-state index contributed by atoms with van der Waals surface area (Å²) in [5, 5.41) is 0. The lowest BCUT2D eigenvalue weighted by molar-refractivity contribution is -0.156. The Morgan fingerprint density at radius 1 is 0.906 bits per heavy atom. The van der Waals surface area contributed by atoms with E-state index < -0.39 is 0 Å². The molecule has 5 aliphatic carbocycles. The van der Waals surface area contributed by atoms with Gasteiger partial charge in [-0.05, 0) is 115 Å². The van der Waals surface area contributed by atoms with E-state index in [0.717, 1.165) is 42.4 Å². The average molecular weight is 443 g/mol. The third-order valence-corrected chi connectivity index (χ3v) is 12.6. The van der Waals surface area contributed by atoms with Gasteiger partial charge >= 0.3 is 5.97 Å². The molecule has 0 N–H and O–H groups in total. The second-order valence-electron chi connectivity index (χ2n) is 14.1. The van der Waals surface area contributed by atoms with Gasteiger partial charge in [-0.1, -0.05) is 53.9 Å². The molecule has 9 atom stereocenters. The van der Waals surface area contributed by atoms with Gasteiger partial charge in [0.25, 0.3) is 0 Å². The second kappa shape index (κ2) is 7.74. The van der Waals surface area contributed by atoms with Crippen LogP contribution in [0.15, 0.2) is 0 Å². The number of hydrogen-bond acceptors (Lipinski definition) is 2. The quantitative estimate of drug-likeness (QED) is 0.388. The van der Waals surface area contributed by atoms with Crippen molar-refractivity contribution in [1.29, 1.82) is 0 Å². The van der Waals surface area contributed by atoms with Crippen molar-refractivity contribution < 1.29 is 9.53 Å². The number of carbonyl (C=O) groups is 1. The molecule has 0 amide bonds. The minimum atomic E-state index is -0.0781. The van der Waals surface area contributed by atoms with Crippen molar-refractivity contribution >= 4 is 5.97 Å². The highest BCUT2D eigenvalue weighted by atomic mass is 16.5. The molecule has 2 nitrogen and oxygen atoms in total. The van der Waals surface area contributed by atoms with Gasteiger partial charge in [0.1, 0.15) is 6.10 Å². The van der Waals surface area contributed by atoms with Crippen LogP contribution in [0.2, 0.25) is 0 Å². The Morgan fingerprint density at radius 2 is 1.69 bits per heavy atom. The predicted molar refractivity (Wildman–Crippen MR) is 131 cm³/mol. The van der Waals surface area contributed by atoms with Gasteiger partial charge in [0.15, 0.2) is 0 Å². The molecule has 0 aliphatic heterocycles. The van der Waals surface area contributed by atoms with Crippen molar-refractivity contribution in [3.63, 3.8) is 0 Å². The van der Waals surface area contributed by atoms with Crippen molar-refractivity contribution in [3.8, 4) is 0 Å². The number of esters is 1. The first-order valence-electron chi connectivity index (χ1n) is 14.3. The highest BCUT2D eigenvalue weighted by Crippen LogP contribution is 2.87. The Kier molecular flexibility index (Phi) is 5.62. The normalized spacial score (nSPS) is 50.1. The van der Waals surface area contributed by atoms with Crippen LogP contribution in [-0.4, -0.2) is 12.1 Å². The van der Waals surface area contributed by atoms with Gasteiger partial charge in [0.05, 0.1) is 0 Å². The minimum absolute atomic E-state index is 0.0781. The summed E-state index contributed by atoms with van der Waals surface area (Å²) in [4.78, 5) is 11.6. The van der Waals surface area contributed by atoms with E-state index in [1.807, 2.05) is 0 Å². The van der Waals surface area contributed by atoms with Gasteiger partial charge in [0.2, 0.25) is 0 Å². The molecule has 2 heteroatoms. The van der Waals surface area contributed by atoms with Crippen molar-refractivity contribution in [2.75, 3.05) is 0 Å². The third-order valence-electron chi connectivity index (χ3n) is 12.6. The molecular weight excluding hydrogens is 392 g/mol. The number of carbonyl (C=O) groups excluding carboxylic acids is 1. The fraction of sp³-hybridized carbons (Fsp3) is 0.967. The maximum Gasteiger partial charge on any atom is 0.302 e. The highest BCUT2D eigenvalue weighted by molar-refractivity contribution is 5.66. The second-order valence-corrected chi connectivity index (χ2v) is 14.1. The van der Waals surface area contributed by atoms with Crippen LogP contribution in [0, 0.1) is 51.2 Å². The zero-order valence-corrected chi connectivity index (χ0v) is 22.0. The molecule has 2 spiro atoms. The van der Waals surface area contributed by atoms with Crippen molar-refractivity contribution in [1.82, 2.24) is 0 Å². The Balaban J connectivity index is 1.32. The maximum absolute atomic E-state index is 11.6. The number of hydrogen-bond donors (Lipinski definition) is 0. The zero-order valence-electron chi connectivity index (χ0n) is 22.0. The van der Waals surface area contributed by atoms with Gasteiger partial charge < -0.3 is 4.74 Å². The lowest BCUT2D eigenvalue weighted by Crippen LogP contribution is -2.55. The summed E-state index contributed by atoms with van der Waals surface area (Å²) in [6, 6.07) is 0.